The Hall–Kier alpha value is -3.67. The van der Waals surface area contributed by atoms with Crippen molar-refractivity contribution in [3.8, 4) is 5.75 Å². The molecule has 4 aromatic rings. The number of aromatic nitrogens is 3. The second-order valence-corrected chi connectivity index (χ2v) is 9.90. The summed E-state index contributed by atoms with van der Waals surface area (Å²) in [6.45, 7) is 11.7. The predicted octanol–water partition coefficient (Wildman–Crippen LogP) is 6.93. The lowest BCUT2D eigenvalue weighted by atomic mass is 9.97. The molecule has 200 valence electrons. The third kappa shape index (κ3) is 5.74. The molecule has 0 aliphatic carbocycles. The summed E-state index contributed by atoms with van der Waals surface area (Å²) >= 11 is 0. The van der Waals surface area contributed by atoms with E-state index in [1.165, 1.54) is 23.8 Å². The lowest BCUT2D eigenvalue weighted by Gasteiger charge is -2.19. The number of carbonyl (C=O) groups excluding carboxylic acids is 1. The van der Waals surface area contributed by atoms with Crippen molar-refractivity contribution < 1.29 is 14.3 Å². The van der Waals surface area contributed by atoms with Crippen LogP contribution >= 0.6 is 0 Å². The Labute approximate surface area is 226 Å². The molecular formula is C32H39N3O3. The van der Waals surface area contributed by atoms with Gasteiger partial charge in [0.1, 0.15) is 23.7 Å². The van der Waals surface area contributed by atoms with Gasteiger partial charge in [-0.25, -0.2) is 14.8 Å². The fourth-order valence-corrected chi connectivity index (χ4v) is 5.19. The number of hydrogen-bond donors (Lipinski definition) is 0. The summed E-state index contributed by atoms with van der Waals surface area (Å²) in [7, 11) is 1.41. The highest BCUT2D eigenvalue weighted by Crippen LogP contribution is 2.31. The fraction of sp³-hybridized carbons (Fsp3) is 0.406. The van der Waals surface area contributed by atoms with E-state index in [1.807, 2.05) is 25.1 Å². The van der Waals surface area contributed by atoms with Gasteiger partial charge in [0.05, 0.1) is 19.2 Å². The van der Waals surface area contributed by atoms with E-state index in [4.69, 9.17) is 19.4 Å². The SMILES string of the molecule is CCCc1cc(Cn2c(CC)nc3c(C)cc(C)nc32)cc(CCC)c1OCc1ccccc1C(=O)OC. The summed E-state index contributed by atoms with van der Waals surface area (Å²) in [5, 5.41) is 0. The van der Waals surface area contributed by atoms with Crippen LogP contribution in [0.3, 0.4) is 0 Å². The van der Waals surface area contributed by atoms with E-state index in [9.17, 15) is 4.79 Å². The van der Waals surface area contributed by atoms with Gasteiger partial charge in [0, 0.05) is 17.7 Å². The molecule has 6 heteroatoms. The zero-order valence-electron chi connectivity index (χ0n) is 23.6. The summed E-state index contributed by atoms with van der Waals surface area (Å²) in [5.74, 6) is 1.64. The van der Waals surface area contributed by atoms with Gasteiger partial charge in [0.2, 0.25) is 0 Å². The number of ether oxygens (including phenoxy) is 2. The Balaban J connectivity index is 1.73. The average Bonchev–Trinajstić information content (AvgIpc) is 3.25. The molecule has 0 atom stereocenters. The second-order valence-electron chi connectivity index (χ2n) is 9.90. The monoisotopic (exact) mass is 513 g/mol. The number of pyridine rings is 1. The zero-order chi connectivity index (χ0) is 27.2. The van der Waals surface area contributed by atoms with Crippen molar-refractivity contribution in [3.63, 3.8) is 0 Å². The molecule has 0 bridgehead atoms. The van der Waals surface area contributed by atoms with Crippen LogP contribution in [0.2, 0.25) is 0 Å². The standard InChI is InChI=1S/C32H39N3O3/c1-7-12-24-17-23(19-35-28(9-3)34-29-21(4)16-22(5)33-31(29)35)18-25(13-8-2)30(24)38-20-26-14-10-11-15-27(26)32(36)37-6/h10-11,14-18H,7-9,12-13,19-20H2,1-6H3. The molecule has 6 nitrogen and oxygen atoms in total. The largest absolute Gasteiger partial charge is 0.488 e. The van der Waals surface area contributed by atoms with Gasteiger partial charge in [-0.2, -0.15) is 0 Å². The molecule has 0 saturated heterocycles. The maximum absolute atomic E-state index is 12.3. The maximum Gasteiger partial charge on any atom is 0.338 e. The summed E-state index contributed by atoms with van der Waals surface area (Å²) < 4.78 is 13.7. The van der Waals surface area contributed by atoms with E-state index in [1.54, 1.807) is 6.07 Å². The topological polar surface area (TPSA) is 66.2 Å². The normalized spacial score (nSPS) is 11.2. The molecule has 4 rings (SSSR count). The first-order valence-electron chi connectivity index (χ1n) is 13.7. The van der Waals surface area contributed by atoms with E-state index >= 15 is 0 Å². The van der Waals surface area contributed by atoms with Crippen LogP contribution in [0.25, 0.3) is 11.2 Å². The molecule has 2 aromatic heterocycles. The van der Waals surface area contributed by atoms with Crippen molar-refractivity contribution in [1.82, 2.24) is 14.5 Å². The Morgan fingerprint density at radius 3 is 2.24 bits per heavy atom. The van der Waals surface area contributed by atoms with Crippen molar-refractivity contribution >= 4 is 17.1 Å². The molecular weight excluding hydrogens is 474 g/mol. The first kappa shape index (κ1) is 27.4. The van der Waals surface area contributed by atoms with Gasteiger partial charge in [-0.15, -0.1) is 0 Å². The van der Waals surface area contributed by atoms with Gasteiger partial charge in [-0.1, -0.05) is 63.9 Å². The average molecular weight is 514 g/mol. The molecule has 0 unspecified atom stereocenters. The van der Waals surface area contributed by atoms with Crippen molar-refractivity contribution in [1.29, 1.82) is 0 Å². The fourth-order valence-electron chi connectivity index (χ4n) is 5.19. The predicted molar refractivity (Wildman–Crippen MR) is 152 cm³/mol. The molecule has 0 fully saturated rings. The lowest BCUT2D eigenvalue weighted by molar-refractivity contribution is 0.0597. The number of aryl methyl sites for hydroxylation is 5. The number of rotatable bonds is 11. The van der Waals surface area contributed by atoms with E-state index in [0.717, 1.165) is 71.7 Å². The number of hydrogen-bond acceptors (Lipinski definition) is 5. The zero-order valence-corrected chi connectivity index (χ0v) is 23.6. The lowest BCUT2D eigenvalue weighted by Crippen LogP contribution is -2.11. The van der Waals surface area contributed by atoms with Crippen LogP contribution in [0.5, 0.6) is 5.75 Å². The van der Waals surface area contributed by atoms with Gasteiger partial charge < -0.3 is 14.0 Å². The van der Waals surface area contributed by atoms with E-state index in [0.29, 0.717) is 18.7 Å². The Morgan fingerprint density at radius 2 is 1.61 bits per heavy atom. The summed E-state index contributed by atoms with van der Waals surface area (Å²) in [5.41, 5.74) is 9.10. The van der Waals surface area contributed by atoms with Crippen LogP contribution < -0.4 is 4.74 Å². The van der Waals surface area contributed by atoms with Crippen molar-refractivity contribution in [2.45, 2.75) is 79.9 Å². The van der Waals surface area contributed by atoms with Crippen LogP contribution in [-0.4, -0.2) is 27.6 Å². The van der Waals surface area contributed by atoms with Crippen LogP contribution in [0.4, 0.5) is 0 Å². The third-order valence-corrected chi connectivity index (χ3v) is 6.89. The quantitative estimate of drug-likeness (QED) is 0.204. The van der Waals surface area contributed by atoms with Gasteiger partial charge in [-0.3, -0.25) is 0 Å². The highest BCUT2D eigenvalue weighted by atomic mass is 16.5. The highest BCUT2D eigenvalue weighted by molar-refractivity contribution is 5.90. The van der Waals surface area contributed by atoms with Gasteiger partial charge in [-0.05, 0) is 61.1 Å². The van der Waals surface area contributed by atoms with Crippen LogP contribution in [-0.2, 0) is 37.2 Å². The van der Waals surface area contributed by atoms with Gasteiger partial charge in [0.25, 0.3) is 0 Å². The van der Waals surface area contributed by atoms with Crippen molar-refractivity contribution in [2.24, 2.45) is 0 Å². The summed E-state index contributed by atoms with van der Waals surface area (Å²) in [6.07, 6.45) is 4.70. The Morgan fingerprint density at radius 1 is 0.921 bits per heavy atom. The smallest absolute Gasteiger partial charge is 0.338 e. The Bertz CT molecular complexity index is 1410. The molecule has 0 aliphatic heterocycles. The minimum atomic E-state index is -0.347. The molecule has 0 radical (unpaired) electrons. The minimum absolute atomic E-state index is 0.312. The molecule has 2 heterocycles. The number of nitrogens with zero attached hydrogens (tertiary/aromatic N) is 3. The molecule has 2 aromatic carbocycles. The molecule has 38 heavy (non-hydrogen) atoms. The molecule has 0 aliphatic rings. The number of imidazole rings is 1. The maximum atomic E-state index is 12.3. The van der Waals surface area contributed by atoms with Crippen LogP contribution in [0.1, 0.15) is 83.3 Å². The number of fused-ring (bicyclic) bond motifs is 1. The van der Waals surface area contributed by atoms with E-state index in [2.05, 4.69) is 50.5 Å². The van der Waals surface area contributed by atoms with Crippen molar-refractivity contribution in [3.05, 3.63) is 87.4 Å². The Kier molecular flexibility index (Phi) is 8.82. The number of methoxy groups -OCH3 is 1. The van der Waals surface area contributed by atoms with Crippen molar-refractivity contribution in [2.75, 3.05) is 7.11 Å². The van der Waals surface area contributed by atoms with Gasteiger partial charge >= 0.3 is 5.97 Å². The van der Waals surface area contributed by atoms with Crippen LogP contribution in [0.15, 0.2) is 42.5 Å². The number of esters is 1. The minimum Gasteiger partial charge on any atom is -0.488 e. The highest BCUT2D eigenvalue weighted by Gasteiger charge is 2.18. The first-order chi connectivity index (χ1) is 18.4. The first-order valence-corrected chi connectivity index (χ1v) is 13.7. The molecule has 0 saturated carbocycles. The second kappa shape index (κ2) is 12.2. The molecule has 0 N–H and O–H groups in total. The van der Waals surface area contributed by atoms with Crippen LogP contribution in [0, 0.1) is 13.8 Å². The number of carbonyl (C=O) groups is 1. The van der Waals surface area contributed by atoms with E-state index in [-0.39, 0.29) is 5.97 Å². The summed E-state index contributed by atoms with van der Waals surface area (Å²) in [6, 6.07) is 14.1. The number of benzene rings is 2. The molecule has 0 amide bonds. The summed E-state index contributed by atoms with van der Waals surface area (Å²) in [4.78, 5) is 22.1. The van der Waals surface area contributed by atoms with Gasteiger partial charge in [0.15, 0.2) is 5.65 Å². The third-order valence-electron chi connectivity index (χ3n) is 6.89. The molecule has 0 spiro atoms. The van der Waals surface area contributed by atoms with E-state index < -0.39 is 0 Å².